The number of halogens is 1. The van der Waals surface area contributed by atoms with Crippen molar-refractivity contribution in [2.24, 2.45) is 11.8 Å². The van der Waals surface area contributed by atoms with Gasteiger partial charge in [-0.25, -0.2) is 9.45 Å². The van der Waals surface area contributed by atoms with Gasteiger partial charge in [-0.3, -0.25) is 14.6 Å². The fraction of sp³-hybridized carbons (Fsp3) is 0.385. The van der Waals surface area contributed by atoms with Crippen LogP contribution in [0.3, 0.4) is 0 Å². The summed E-state index contributed by atoms with van der Waals surface area (Å²) in [5.41, 5.74) is 3.21. The van der Waals surface area contributed by atoms with Gasteiger partial charge in [-0.15, -0.1) is 0 Å². The molecule has 0 radical (unpaired) electrons. The van der Waals surface area contributed by atoms with Gasteiger partial charge in [0.15, 0.2) is 0 Å². The maximum atomic E-state index is 14.0. The van der Waals surface area contributed by atoms with Gasteiger partial charge in [0, 0.05) is 31.3 Å². The Morgan fingerprint density at radius 3 is 2.65 bits per heavy atom. The topological polar surface area (TPSA) is 94.9 Å². The van der Waals surface area contributed by atoms with Crippen molar-refractivity contribution in [3.8, 4) is 12.1 Å². The molecule has 2 fully saturated rings. The van der Waals surface area contributed by atoms with E-state index in [-0.39, 0.29) is 23.4 Å². The Balaban J connectivity index is 1.23. The first-order valence-corrected chi connectivity index (χ1v) is 11.6. The van der Waals surface area contributed by atoms with E-state index in [4.69, 9.17) is 10.1 Å². The van der Waals surface area contributed by atoms with E-state index in [9.17, 15) is 14.4 Å². The normalized spacial score (nSPS) is 22.4. The molecule has 1 atom stereocenters. The summed E-state index contributed by atoms with van der Waals surface area (Å²) in [6, 6.07) is 11.8. The second-order valence-corrected chi connectivity index (χ2v) is 9.11. The Bertz CT molecular complexity index is 1310. The van der Waals surface area contributed by atoms with Crippen LogP contribution in [0.4, 0.5) is 4.39 Å². The highest BCUT2D eigenvalue weighted by atomic mass is 19.1. The van der Waals surface area contributed by atoms with Crippen LogP contribution in [0.15, 0.2) is 42.7 Å². The van der Waals surface area contributed by atoms with Crippen LogP contribution in [0, 0.1) is 40.3 Å². The van der Waals surface area contributed by atoms with Gasteiger partial charge >= 0.3 is 0 Å². The summed E-state index contributed by atoms with van der Waals surface area (Å²) in [5.74, 6) is -0.238. The minimum Gasteiger partial charge on any atom is -0.346 e. The van der Waals surface area contributed by atoms with Gasteiger partial charge in [0.25, 0.3) is 0 Å². The highest BCUT2D eigenvalue weighted by Gasteiger charge is 2.37. The summed E-state index contributed by atoms with van der Waals surface area (Å²) in [6.07, 6.45) is 7.54. The summed E-state index contributed by atoms with van der Waals surface area (Å²) in [6.45, 7) is 1.22. The molecule has 34 heavy (non-hydrogen) atoms. The lowest BCUT2D eigenvalue weighted by Gasteiger charge is -2.32. The maximum Gasteiger partial charge on any atom is 0.249 e. The molecule has 1 saturated carbocycles. The van der Waals surface area contributed by atoms with Crippen LogP contribution in [-0.2, 0) is 16.2 Å². The SMILES string of the molecule is N#Cc1cc(F)cc([C@@H]2CCON2C(=O)[C@H]2CC[C@H](Cn3ccc4ncc(C#N)cc43)CC2)c1. The van der Waals surface area contributed by atoms with Crippen molar-refractivity contribution in [3.63, 3.8) is 0 Å². The summed E-state index contributed by atoms with van der Waals surface area (Å²) >= 11 is 0. The highest BCUT2D eigenvalue weighted by Crippen LogP contribution is 2.37. The second kappa shape index (κ2) is 9.24. The first kappa shape index (κ1) is 22.1. The number of hydrogen-bond donors (Lipinski definition) is 0. The molecule has 0 spiro atoms. The highest BCUT2D eigenvalue weighted by molar-refractivity contribution is 5.79. The summed E-state index contributed by atoms with van der Waals surface area (Å²) in [5, 5.41) is 19.7. The molecule has 3 aromatic rings. The number of amides is 1. The molecule has 8 heteroatoms. The smallest absolute Gasteiger partial charge is 0.249 e. The van der Waals surface area contributed by atoms with Crippen molar-refractivity contribution in [2.45, 2.75) is 44.7 Å². The van der Waals surface area contributed by atoms with Gasteiger partial charge in [-0.1, -0.05) is 0 Å². The number of nitrogens with zero attached hydrogens (tertiary/aromatic N) is 5. The van der Waals surface area contributed by atoms with Crippen LogP contribution in [0.25, 0.3) is 11.0 Å². The molecule has 1 amide bonds. The molecular weight excluding hydrogens is 433 g/mol. The van der Waals surface area contributed by atoms with Crippen molar-refractivity contribution in [1.29, 1.82) is 10.5 Å². The largest absolute Gasteiger partial charge is 0.346 e. The van der Waals surface area contributed by atoms with Crippen LogP contribution < -0.4 is 0 Å². The van der Waals surface area contributed by atoms with Crippen LogP contribution in [-0.4, -0.2) is 27.1 Å². The van der Waals surface area contributed by atoms with E-state index < -0.39 is 5.82 Å². The minimum absolute atomic E-state index is 0.0574. The van der Waals surface area contributed by atoms with Gasteiger partial charge in [-0.05, 0) is 67.5 Å². The van der Waals surface area contributed by atoms with Gasteiger partial charge in [0.1, 0.15) is 11.9 Å². The number of carbonyl (C=O) groups is 1. The Kier molecular flexibility index (Phi) is 6.00. The fourth-order valence-corrected chi connectivity index (χ4v) is 5.19. The maximum absolute atomic E-state index is 14.0. The number of aromatic nitrogens is 2. The molecule has 5 rings (SSSR count). The van der Waals surface area contributed by atoms with Crippen LogP contribution in [0.2, 0.25) is 0 Å². The minimum atomic E-state index is -0.483. The number of benzene rings is 1. The van der Waals surface area contributed by atoms with Crippen molar-refractivity contribution in [2.75, 3.05) is 6.61 Å². The van der Waals surface area contributed by atoms with Gasteiger partial charge < -0.3 is 4.57 Å². The molecule has 2 aromatic heterocycles. The third-order valence-corrected chi connectivity index (χ3v) is 6.96. The van der Waals surface area contributed by atoms with E-state index in [1.54, 1.807) is 12.3 Å². The number of nitriles is 2. The number of carbonyl (C=O) groups excluding carboxylic acids is 1. The van der Waals surface area contributed by atoms with Gasteiger partial charge in [-0.2, -0.15) is 10.5 Å². The Morgan fingerprint density at radius 1 is 1.09 bits per heavy atom. The van der Waals surface area contributed by atoms with Crippen molar-refractivity contribution in [1.82, 2.24) is 14.6 Å². The van der Waals surface area contributed by atoms with E-state index in [2.05, 4.69) is 15.6 Å². The average molecular weight is 458 g/mol. The fourth-order valence-electron chi connectivity index (χ4n) is 5.19. The van der Waals surface area contributed by atoms with Crippen LogP contribution >= 0.6 is 0 Å². The molecule has 3 heterocycles. The molecule has 172 valence electrons. The molecule has 7 nitrogen and oxygen atoms in total. The zero-order valence-electron chi connectivity index (χ0n) is 18.7. The molecule has 2 aliphatic rings. The lowest BCUT2D eigenvalue weighted by molar-refractivity contribution is -0.183. The molecule has 0 unspecified atom stereocenters. The molecule has 1 aromatic carbocycles. The first-order valence-electron chi connectivity index (χ1n) is 11.6. The van der Waals surface area contributed by atoms with Crippen LogP contribution in [0.1, 0.15) is 54.8 Å². The standard InChI is InChI=1S/C26H24FN5O2/c27-22-10-18(13-28)9-21(12-22)24-6-8-34-32(24)26(33)20-3-1-17(2-4-20)16-31-7-5-23-25(31)11-19(14-29)15-30-23/h5,7,9-12,15,17,20,24H,1-4,6,8,16H2/t17-,20-,24-/m0/s1. The quantitative estimate of drug-likeness (QED) is 0.569. The zero-order chi connectivity index (χ0) is 23.7. The second-order valence-electron chi connectivity index (χ2n) is 9.11. The first-order chi connectivity index (χ1) is 16.6. The number of hydrogen-bond acceptors (Lipinski definition) is 5. The average Bonchev–Trinajstić information content (AvgIpc) is 3.51. The molecule has 0 bridgehead atoms. The molecular formula is C26H24FN5O2. The third kappa shape index (κ3) is 4.25. The molecule has 1 aliphatic heterocycles. The van der Waals surface area contributed by atoms with E-state index in [0.717, 1.165) is 43.3 Å². The van der Waals surface area contributed by atoms with E-state index >= 15 is 0 Å². The zero-order valence-corrected chi connectivity index (χ0v) is 18.7. The number of fused-ring (bicyclic) bond motifs is 1. The Hall–Kier alpha value is -3.75. The van der Waals surface area contributed by atoms with E-state index in [0.29, 0.717) is 30.1 Å². The number of hydroxylamine groups is 2. The predicted molar refractivity (Wildman–Crippen MR) is 121 cm³/mol. The summed E-state index contributed by atoms with van der Waals surface area (Å²) in [4.78, 5) is 23.3. The molecule has 1 saturated heterocycles. The monoisotopic (exact) mass is 457 g/mol. The number of pyridine rings is 1. The molecule has 0 N–H and O–H groups in total. The third-order valence-electron chi connectivity index (χ3n) is 6.96. The summed E-state index contributed by atoms with van der Waals surface area (Å²) < 4.78 is 16.1. The Labute approximate surface area is 196 Å². The van der Waals surface area contributed by atoms with Gasteiger partial charge in [0.05, 0.1) is 40.9 Å². The van der Waals surface area contributed by atoms with Crippen molar-refractivity contribution in [3.05, 3.63) is 65.2 Å². The van der Waals surface area contributed by atoms with E-state index in [1.165, 1.54) is 17.2 Å². The van der Waals surface area contributed by atoms with E-state index in [1.807, 2.05) is 24.4 Å². The molecule has 1 aliphatic carbocycles. The van der Waals surface area contributed by atoms with Crippen molar-refractivity contribution >= 4 is 16.9 Å². The van der Waals surface area contributed by atoms with Gasteiger partial charge in [0.2, 0.25) is 5.91 Å². The number of rotatable bonds is 4. The lowest BCUT2D eigenvalue weighted by atomic mass is 9.81. The van der Waals surface area contributed by atoms with Crippen LogP contribution in [0.5, 0.6) is 0 Å². The predicted octanol–water partition coefficient (Wildman–Crippen LogP) is 4.63. The Morgan fingerprint density at radius 2 is 1.88 bits per heavy atom. The summed E-state index contributed by atoms with van der Waals surface area (Å²) in [7, 11) is 0. The van der Waals surface area contributed by atoms with Crippen molar-refractivity contribution < 1.29 is 14.0 Å². The lowest BCUT2D eigenvalue weighted by Crippen LogP contribution is -2.37.